The third kappa shape index (κ3) is 4.26. The molecule has 30 heavy (non-hydrogen) atoms. The fourth-order valence-electron chi connectivity index (χ4n) is 4.47. The second kappa shape index (κ2) is 8.83. The average Bonchev–Trinajstić information content (AvgIpc) is 3.19. The van der Waals surface area contributed by atoms with Crippen LogP contribution in [0.4, 0.5) is 11.4 Å². The number of aromatic nitrogens is 2. The van der Waals surface area contributed by atoms with Crippen LogP contribution in [-0.2, 0) is 7.05 Å². The van der Waals surface area contributed by atoms with E-state index in [1.54, 1.807) is 23.0 Å². The van der Waals surface area contributed by atoms with Crippen LogP contribution in [0.25, 0.3) is 11.1 Å². The molecule has 2 aliphatic rings. The minimum Gasteiger partial charge on any atom is -0.490 e. The molecule has 1 aromatic heterocycles. The SMILES string of the molecule is COc1cc(N2CCC(N3CCN(S)CC3)CC2)c(-c2cnn(C)c2)cc1[N+](=O)[O-]. The quantitative estimate of drug-likeness (QED) is 0.442. The summed E-state index contributed by atoms with van der Waals surface area (Å²) in [6.45, 7) is 5.91. The lowest BCUT2D eigenvalue weighted by Crippen LogP contribution is -2.51. The minimum atomic E-state index is -0.393. The molecule has 0 saturated carbocycles. The van der Waals surface area contributed by atoms with E-state index in [-0.39, 0.29) is 11.4 Å². The number of piperidine rings is 1. The molecule has 4 rings (SSSR count). The number of nitro benzene ring substituents is 1. The number of piperazine rings is 1. The van der Waals surface area contributed by atoms with Crippen LogP contribution in [-0.4, -0.2) is 76.3 Å². The second-order valence-corrected chi connectivity index (χ2v) is 8.47. The summed E-state index contributed by atoms with van der Waals surface area (Å²) in [6, 6.07) is 3.99. The molecular weight excluding hydrogens is 404 g/mol. The lowest BCUT2D eigenvalue weighted by Gasteiger charge is -2.42. The van der Waals surface area contributed by atoms with E-state index in [2.05, 4.69) is 32.0 Å². The summed E-state index contributed by atoms with van der Waals surface area (Å²) in [7, 11) is 3.32. The van der Waals surface area contributed by atoms with Crippen molar-refractivity contribution in [2.45, 2.75) is 18.9 Å². The Hall–Kier alpha value is -2.30. The molecule has 10 heteroatoms. The fourth-order valence-corrected chi connectivity index (χ4v) is 4.64. The van der Waals surface area contributed by atoms with Crippen molar-refractivity contribution in [2.24, 2.45) is 7.05 Å². The number of hydrogen-bond acceptors (Lipinski definition) is 8. The van der Waals surface area contributed by atoms with E-state index in [0.717, 1.165) is 68.9 Å². The minimum absolute atomic E-state index is 0.0281. The first kappa shape index (κ1) is 21.0. The van der Waals surface area contributed by atoms with Gasteiger partial charge in [0.1, 0.15) is 0 Å². The summed E-state index contributed by atoms with van der Waals surface area (Å²) in [5.74, 6) is 0.287. The molecule has 0 bridgehead atoms. The summed E-state index contributed by atoms with van der Waals surface area (Å²) in [5.41, 5.74) is 2.62. The Kier molecular flexibility index (Phi) is 6.16. The van der Waals surface area contributed by atoms with Gasteiger partial charge in [0.25, 0.3) is 0 Å². The standard InChI is InChI=1S/C20H28N6O3S/c1-22-14-15(13-21-22)17-11-19(26(27)28)20(29-2)12-18(17)24-5-3-16(4-6-24)23-7-9-25(30)10-8-23/h11-14,16,30H,3-10H2,1-2H3. The van der Waals surface area contributed by atoms with Gasteiger partial charge >= 0.3 is 5.69 Å². The lowest BCUT2D eigenvalue weighted by atomic mass is 9.98. The molecule has 0 unspecified atom stereocenters. The lowest BCUT2D eigenvalue weighted by molar-refractivity contribution is -0.385. The molecule has 2 fully saturated rings. The van der Waals surface area contributed by atoms with E-state index >= 15 is 0 Å². The Morgan fingerprint density at radius 2 is 1.87 bits per heavy atom. The number of hydrogen-bond donors (Lipinski definition) is 1. The van der Waals surface area contributed by atoms with Gasteiger partial charge in [-0.25, -0.2) is 0 Å². The predicted octanol–water partition coefficient (Wildman–Crippen LogP) is 2.44. The zero-order valence-electron chi connectivity index (χ0n) is 17.4. The van der Waals surface area contributed by atoms with Gasteiger partial charge in [-0.3, -0.25) is 24.0 Å². The molecule has 1 aromatic carbocycles. The third-order valence-corrected chi connectivity index (χ3v) is 6.52. The smallest absolute Gasteiger partial charge is 0.311 e. The highest BCUT2D eigenvalue weighted by atomic mass is 32.1. The van der Waals surface area contributed by atoms with E-state index in [0.29, 0.717) is 6.04 Å². The Morgan fingerprint density at radius 3 is 2.43 bits per heavy atom. The van der Waals surface area contributed by atoms with E-state index in [1.807, 2.05) is 13.2 Å². The van der Waals surface area contributed by atoms with Gasteiger partial charge in [-0.2, -0.15) is 5.10 Å². The molecule has 0 spiro atoms. The maximum absolute atomic E-state index is 11.6. The van der Waals surface area contributed by atoms with Gasteiger partial charge in [0.15, 0.2) is 5.75 Å². The monoisotopic (exact) mass is 432 g/mol. The number of methoxy groups -OCH3 is 1. The highest BCUT2D eigenvalue weighted by Gasteiger charge is 2.29. The molecule has 0 amide bonds. The zero-order valence-corrected chi connectivity index (χ0v) is 18.3. The molecule has 3 heterocycles. The van der Waals surface area contributed by atoms with Gasteiger partial charge in [0, 0.05) is 87.5 Å². The molecule has 162 valence electrons. The zero-order chi connectivity index (χ0) is 21.3. The number of benzene rings is 1. The summed E-state index contributed by atoms with van der Waals surface area (Å²) >= 11 is 4.45. The van der Waals surface area contributed by atoms with Crippen molar-refractivity contribution in [3.05, 3.63) is 34.6 Å². The van der Waals surface area contributed by atoms with Crippen molar-refractivity contribution in [1.82, 2.24) is 19.0 Å². The highest BCUT2D eigenvalue weighted by Crippen LogP contribution is 2.41. The van der Waals surface area contributed by atoms with Gasteiger partial charge in [-0.15, -0.1) is 0 Å². The van der Waals surface area contributed by atoms with E-state index in [9.17, 15) is 10.1 Å². The topological polar surface area (TPSA) is 79.9 Å². The van der Waals surface area contributed by atoms with Crippen LogP contribution in [0.3, 0.4) is 0 Å². The molecule has 0 aliphatic carbocycles. The highest BCUT2D eigenvalue weighted by molar-refractivity contribution is 7.77. The van der Waals surface area contributed by atoms with Gasteiger partial charge in [-0.1, -0.05) is 12.8 Å². The van der Waals surface area contributed by atoms with Gasteiger partial charge in [0.2, 0.25) is 0 Å². The number of aryl methyl sites for hydroxylation is 1. The molecular formula is C20H28N6O3S. The van der Waals surface area contributed by atoms with Gasteiger partial charge < -0.3 is 9.64 Å². The number of nitrogens with zero attached hydrogens (tertiary/aromatic N) is 6. The molecule has 0 atom stereocenters. The normalized spacial score (nSPS) is 19.2. The van der Waals surface area contributed by atoms with E-state index in [1.165, 1.54) is 7.11 Å². The second-order valence-electron chi connectivity index (χ2n) is 7.91. The van der Waals surface area contributed by atoms with Crippen LogP contribution in [0.15, 0.2) is 24.5 Å². The van der Waals surface area contributed by atoms with Crippen LogP contribution in [0.1, 0.15) is 12.8 Å². The van der Waals surface area contributed by atoms with Crippen molar-refractivity contribution >= 4 is 24.2 Å². The van der Waals surface area contributed by atoms with Gasteiger partial charge in [-0.05, 0) is 12.8 Å². The van der Waals surface area contributed by atoms with Crippen LogP contribution in [0.2, 0.25) is 0 Å². The van der Waals surface area contributed by atoms with Crippen LogP contribution in [0, 0.1) is 10.1 Å². The Balaban J connectivity index is 1.59. The first-order valence-corrected chi connectivity index (χ1v) is 10.6. The number of nitro groups is 1. The third-order valence-electron chi connectivity index (χ3n) is 6.12. The first-order chi connectivity index (χ1) is 14.5. The predicted molar refractivity (Wildman–Crippen MR) is 119 cm³/mol. The molecule has 9 nitrogen and oxygen atoms in total. The molecule has 2 aliphatic heterocycles. The van der Waals surface area contributed by atoms with Crippen molar-refractivity contribution in [3.8, 4) is 16.9 Å². The summed E-state index contributed by atoms with van der Waals surface area (Å²) < 4.78 is 9.14. The maximum Gasteiger partial charge on any atom is 0.311 e. The summed E-state index contributed by atoms with van der Waals surface area (Å²) in [5, 5.41) is 15.8. The molecule has 0 N–H and O–H groups in total. The molecule has 2 aromatic rings. The van der Waals surface area contributed by atoms with Crippen LogP contribution in [0.5, 0.6) is 5.75 Å². The largest absolute Gasteiger partial charge is 0.490 e. The van der Waals surface area contributed by atoms with Crippen molar-refractivity contribution in [3.63, 3.8) is 0 Å². The fraction of sp³-hybridized carbons (Fsp3) is 0.550. The molecule has 2 saturated heterocycles. The summed E-state index contributed by atoms with van der Waals surface area (Å²) in [6.07, 6.45) is 5.77. The Labute approximate surface area is 181 Å². The van der Waals surface area contributed by atoms with E-state index in [4.69, 9.17) is 4.74 Å². The number of thiol groups is 1. The van der Waals surface area contributed by atoms with Crippen molar-refractivity contribution in [2.75, 3.05) is 51.3 Å². The van der Waals surface area contributed by atoms with Crippen LogP contribution < -0.4 is 9.64 Å². The number of anilines is 1. The van der Waals surface area contributed by atoms with Crippen molar-refractivity contribution in [1.29, 1.82) is 0 Å². The van der Waals surface area contributed by atoms with Gasteiger partial charge in [0.05, 0.1) is 18.2 Å². The first-order valence-electron chi connectivity index (χ1n) is 10.2. The Morgan fingerprint density at radius 1 is 1.17 bits per heavy atom. The number of rotatable bonds is 5. The average molecular weight is 433 g/mol. The maximum atomic E-state index is 11.6. The molecule has 0 radical (unpaired) electrons. The van der Waals surface area contributed by atoms with Crippen molar-refractivity contribution < 1.29 is 9.66 Å². The number of ether oxygens (including phenoxy) is 1. The van der Waals surface area contributed by atoms with Crippen LogP contribution >= 0.6 is 12.8 Å². The van der Waals surface area contributed by atoms with E-state index < -0.39 is 4.92 Å². The summed E-state index contributed by atoms with van der Waals surface area (Å²) in [4.78, 5) is 16.1. The Bertz CT molecular complexity index is 904.